The van der Waals surface area contributed by atoms with Gasteiger partial charge in [0.05, 0.1) is 15.9 Å². The minimum atomic E-state index is -3.77. The highest BCUT2D eigenvalue weighted by Gasteiger charge is 2.44. The van der Waals surface area contributed by atoms with Crippen molar-refractivity contribution in [2.45, 2.75) is 42.9 Å². The average molecular weight is 419 g/mol. The normalized spacial score (nSPS) is 27.3. The summed E-state index contributed by atoms with van der Waals surface area (Å²) < 4.78 is 65.6. The van der Waals surface area contributed by atoms with Gasteiger partial charge in [-0.2, -0.15) is 4.31 Å². The Balaban J connectivity index is 1.85. The Kier molecular flexibility index (Phi) is 5.96. The number of benzene rings is 1. The second-order valence-electron chi connectivity index (χ2n) is 7.80. The fourth-order valence-electron chi connectivity index (χ4n) is 4.13. The standard InChI is InChI=1S/C18H27FN2O4S2/c1-14(2)13-20-11-12-26(22,23)18-8-10-21(9-7-17(18)20)27(24,25)16-5-3-15(19)4-6-16/h3-6,14,17-18H,7-13H2,1-2H3/t17-,18+/m0/s1. The van der Waals surface area contributed by atoms with Gasteiger partial charge in [-0.3, -0.25) is 4.90 Å². The van der Waals surface area contributed by atoms with Gasteiger partial charge in [0.1, 0.15) is 5.82 Å². The number of halogens is 1. The van der Waals surface area contributed by atoms with E-state index in [1.165, 1.54) is 16.4 Å². The van der Waals surface area contributed by atoms with Crippen LogP contribution in [0, 0.1) is 11.7 Å². The molecule has 0 amide bonds. The third-order valence-corrected chi connectivity index (χ3v) is 9.55. The molecular weight excluding hydrogens is 391 g/mol. The highest BCUT2D eigenvalue weighted by Crippen LogP contribution is 2.30. The number of hydrogen-bond donors (Lipinski definition) is 0. The number of sulfone groups is 1. The van der Waals surface area contributed by atoms with Gasteiger partial charge < -0.3 is 0 Å². The quantitative estimate of drug-likeness (QED) is 0.745. The molecule has 0 radical (unpaired) electrons. The molecule has 0 aliphatic carbocycles. The van der Waals surface area contributed by atoms with Crippen LogP contribution in [0.3, 0.4) is 0 Å². The first-order chi connectivity index (χ1) is 12.6. The lowest BCUT2D eigenvalue weighted by atomic mass is 10.0. The largest absolute Gasteiger partial charge is 0.298 e. The summed E-state index contributed by atoms with van der Waals surface area (Å²) >= 11 is 0. The van der Waals surface area contributed by atoms with Crippen LogP contribution in [0.25, 0.3) is 0 Å². The van der Waals surface area contributed by atoms with Crippen molar-refractivity contribution in [3.63, 3.8) is 0 Å². The molecule has 0 N–H and O–H groups in total. The lowest BCUT2D eigenvalue weighted by Gasteiger charge is -2.40. The number of sulfonamides is 1. The summed E-state index contributed by atoms with van der Waals surface area (Å²) in [7, 11) is -7.00. The molecule has 2 fully saturated rings. The van der Waals surface area contributed by atoms with E-state index in [4.69, 9.17) is 0 Å². The molecule has 152 valence electrons. The van der Waals surface area contributed by atoms with Crippen LogP contribution in [0.1, 0.15) is 26.7 Å². The zero-order valence-corrected chi connectivity index (χ0v) is 17.3. The summed E-state index contributed by atoms with van der Waals surface area (Å²) in [6.07, 6.45) is 0.777. The van der Waals surface area contributed by atoms with Crippen LogP contribution in [0.5, 0.6) is 0 Å². The third kappa shape index (κ3) is 4.36. The molecule has 0 bridgehead atoms. The molecule has 27 heavy (non-hydrogen) atoms. The van der Waals surface area contributed by atoms with Gasteiger partial charge in [0.15, 0.2) is 9.84 Å². The Morgan fingerprint density at radius 2 is 1.74 bits per heavy atom. The fourth-order valence-corrected chi connectivity index (χ4v) is 7.64. The van der Waals surface area contributed by atoms with Crippen LogP contribution in [-0.4, -0.2) is 69.3 Å². The van der Waals surface area contributed by atoms with Crippen LogP contribution in [0.4, 0.5) is 4.39 Å². The van der Waals surface area contributed by atoms with Crippen molar-refractivity contribution < 1.29 is 21.2 Å². The highest BCUT2D eigenvalue weighted by molar-refractivity contribution is 7.92. The molecule has 2 aliphatic heterocycles. The van der Waals surface area contributed by atoms with E-state index in [1.807, 2.05) is 0 Å². The maximum Gasteiger partial charge on any atom is 0.243 e. The van der Waals surface area contributed by atoms with Gasteiger partial charge in [-0.1, -0.05) is 13.8 Å². The van der Waals surface area contributed by atoms with E-state index >= 15 is 0 Å². The van der Waals surface area contributed by atoms with Gasteiger partial charge in [0.2, 0.25) is 10.0 Å². The number of nitrogens with zero attached hydrogens (tertiary/aromatic N) is 2. The summed E-state index contributed by atoms with van der Waals surface area (Å²) in [6, 6.07) is 4.60. The third-order valence-electron chi connectivity index (χ3n) is 5.41. The van der Waals surface area contributed by atoms with Crippen LogP contribution < -0.4 is 0 Å². The molecular formula is C18H27FN2O4S2. The van der Waals surface area contributed by atoms with Crippen LogP contribution in [0.2, 0.25) is 0 Å². The monoisotopic (exact) mass is 418 g/mol. The summed E-state index contributed by atoms with van der Waals surface area (Å²) in [5, 5.41) is -0.529. The average Bonchev–Trinajstić information content (AvgIpc) is 2.82. The van der Waals surface area contributed by atoms with Gasteiger partial charge in [-0.15, -0.1) is 0 Å². The van der Waals surface area contributed by atoms with Crippen molar-refractivity contribution in [3.8, 4) is 0 Å². The van der Waals surface area contributed by atoms with Crippen molar-refractivity contribution in [2.75, 3.05) is 31.9 Å². The van der Waals surface area contributed by atoms with E-state index in [2.05, 4.69) is 18.7 Å². The minimum absolute atomic E-state index is 0.0377. The van der Waals surface area contributed by atoms with E-state index in [9.17, 15) is 21.2 Å². The fraction of sp³-hybridized carbons (Fsp3) is 0.667. The van der Waals surface area contributed by atoms with Crippen LogP contribution >= 0.6 is 0 Å². The van der Waals surface area contributed by atoms with E-state index in [-0.39, 0.29) is 29.8 Å². The van der Waals surface area contributed by atoms with Crippen molar-refractivity contribution in [1.29, 1.82) is 0 Å². The lowest BCUT2D eigenvalue weighted by molar-refractivity contribution is 0.163. The predicted molar refractivity (Wildman–Crippen MR) is 102 cm³/mol. The summed E-state index contributed by atoms with van der Waals surface area (Å²) in [6.45, 7) is 5.94. The zero-order valence-electron chi connectivity index (χ0n) is 15.7. The van der Waals surface area contributed by atoms with Gasteiger partial charge >= 0.3 is 0 Å². The lowest BCUT2D eigenvalue weighted by Crippen LogP contribution is -2.55. The van der Waals surface area contributed by atoms with E-state index in [0.717, 1.165) is 18.7 Å². The molecule has 6 nitrogen and oxygen atoms in total. The smallest absolute Gasteiger partial charge is 0.243 e. The molecule has 2 saturated heterocycles. The molecule has 0 unspecified atom stereocenters. The van der Waals surface area contributed by atoms with Gasteiger partial charge in [-0.05, 0) is 43.0 Å². The summed E-state index contributed by atoms with van der Waals surface area (Å²) in [4.78, 5) is 2.25. The molecule has 9 heteroatoms. The number of hydrogen-bond acceptors (Lipinski definition) is 5. The van der Waals surface area contributed by atoms with Crippen LogP contribution in [0.15, 0.2) is 29.2 Å². The molecule has 3 rings (SSSR count). The Labute approximate surface area is 161 Å². The highest BCUT2D eigenvalue weighted by atomic mass is 32.2. The second-order valence-corrected chi connectivity index (χ2v) is 12.1. The molecule has 2 heterocycles. The Morgan fingerprint density at radius 1 is 1.11 bits per heavy atom. The van der Waals surface area contributed by atoms with Gasteiger partial charge in [0, 0.05) is 32.2 Å². The first-order valence-electron chi connectivity index (χ1n) is 9.32. The molecule has 2 aliphatic rings. The maximum atomic E-state index is 13.1. The SMILES string of the molecule is CC(C)CN1CCS(=O)(=O)[C@@H]2CCN(S(=O)(=O)c3ccc(F)cc3)CC[C@@H]21. The Morgan fingerprint density at radius 3 is 2.37 bits per heavy atom. The first-order valence-corrected chi connectivity index (χ1v) is 12.5. The van der Waals surface area contributed by atoms with Crippen molar-refractivity contribution in [1.82, 2.24) is 9.21 Å². The van der Waals surface area contributed by atoms with Crippen molar-refractivity contribution in [2.24, 2.45) is 5.92 Å². The predicted octanol–water partition coefficient (Wildman–Crippen LogP) is 1.73. The van der Waals surface area contributed by atoms with Crippen molar-refractivity contribution in [3.05, 3.63) is 30.1 Å². The van der Waals surface area contributed by atoms with Gasteiger partial charge in [-0.25, -0.2) is 21.2 Å². The first kappa shape index (κ1) is 20.7. The molecule has 2 atom stereocenters. The molecule has 1 aromatic rings. The summed E-state index contributed by atoms with van der Waals surface area (Å²) in [5.41, 5.74) is 0. The van der Waals surface area contributed by atoms with E-state index < -0.39 is 30.9 Å². The maximum absolute atomic E-state index is 13.1. The van der Waals surface area contributed by atoms with E-state index in [1.54, 1.807) is 0 Å². The molecule has 0 spiro atoms. The number of rotatable bonds is 4. The Hall–Kier alpha value is -1.03. The van der Waals surface area contributed by atoms with Crippen LogP contribution in [-0.2, 0) is 19.9 Å². The van der Waals surface area contributed by atoms with E-state index in [0.29, 0.717) is 25.3 Å². The van der Waals surface area contributed by atoms with Gasteiger partial charge in [0.25, 0.3) is 0 Å². The molecule has 1 aromatic carbocycles. The topological polar surface area (TPSA) is 74.8 Å². The molecule has 0 aromatic heterocycles. The minimum Gasteiger partial charge on any atom is -0.298 e. The Bertz CT molecular complexity index is 869. The van der Waals surface area contributed by atoms with Crippen molar-refractivity contribution >= 4 is 19.9 Å². The zero-order chi connectivity index (χ0) is 19.8. The summed E-state index contributed by atoms with van der Waals surface area (Å²) in [5.74, 6) is 0.0472. The second kappa shape index (κ2) is 7.77. The number of fused-ring (bicyclic) bond motifs is 1. The molecule has 0 saturated carbocycles.